The van der Waals surface area contributed by atoms with Gasteiger partial charge in [-0.3, -0.25) is 14.5 Å². The van der Waals surface area contributed by atoms with Gasteiger partial charge in [0, 0.05) is 11.3 Å². The van der Waals surface area contributed by atoms with Crippen LogP contribution in [0.3, 0.4) is 0 Å². The molecule has 1 heterocycles. The van der Waals surface area contributed by atoms with Crippen LogP contribution in [0.4, 0.5) is 10.5 Å². The van der Waals surface area contributed by atoms with E-state index in [0.717, 1.165) is 36.9 Å². The van der Waals surface area contributed by atoms with Crippen molar-refractivity contribution in [3.8, 4) is 0 Å². The lowest BCUT2D eigenvalue weighted by Gasteiger charge is -2.34. The predicted octanol–water partition coefficient (Wildman–Crippen LogP) is 4.33. The second kappa shape index (κ2) is 8.30. The number of para-hydroxylation sites is 1. The number of amides is 4. The monoisotopic (exact) mass is 405 g/mol. The van der Waals surface area contributed by atoms with Gasteiger partial charge in [-0.25, -0.2) is 4.79 Å². The molecule has 2 aromatic carbocycles. The molecule has 156 valence electrons. The van der Waals surface area contributed by atoms with Crippen LogP contribution in [0.1, 0.15) is 54.9 Å². The average molecular weight is 405 g/mol. The van der Waals surface area contributed by atoms with Crippen LogP contribution in [-0.4, -0.2) is 28.3 Å². The van der Waals surface area contributed by atoms with Crippen LogP contribution >= 0.6 is 0 Å². The summed E-state index contributed by atoms with van der Waals surface area (Å²) in [6.45, 7) is 2.06. The van der Waals surface area contributed by atoms with Crippen molar-refractivity contribution in [3.63, 3.8) is 0 Å². The normalized spacial score (nSPS) is 22.1. The van der Waals surface area contributed by atoms with E-state index in [-0.39, 0.29) is 30.3 Å². The molecule has 0 spiro atoms. The molecule has 2 fully saturated rings. The first-order valence-corrected chi connectivity index (χ1v) is 10.6. The van der Waals surface area contributed by atoms with Crippen molar-refractivity contribution < 1.29 is 14.4 Å². The maximum atomic E-state index is 13.1. The Bertz CT molecular complexity index is 936. The maximum Gasteiger partial charge on any atom is 0.325 e. The van der Waals surface area contributed by atoms with Gasteiger partial charge >= 0.3 is 6.03 Å². The fourth-order valence-electron chi connectivity index (χ4n) is 4.48. The smallest absolute Gasteiger partial charge is 0.323 e. The fraction of sp³-hybridized carbons (Fsp3) is 0.375. The summed E-state index contributed by atoms with van der Waals surface area (Å²) in [5, 5.41) is 5.79. The van der Waals surface area contributed by atoms with Gasteiger partial charge in [-0.05, 0) is 55.5 Å². The third-order valence-electron chi connectivity index (χ3n) is 6.31. The van der Waals surface area contributed by atoms with Gasteiger partial charge in [0.15, 0.2) is 0 Å². The third kappa shape index (κ3) is 3.95. The summed E-state index contributed by atoms with van der Waals surface area (Å²) in [6.07, 6.45) is 5.36. The highest BCUT2D eigenvalue weighted by atomic mass is 16.2. The third-order valence-corrected chi connectivity index (χ3v) is 6.31. The molecule has 6 nitrogen and oxygen atoms in total. The number of rotatable bonds is 5. The van der Waals surface area contributed by atoms with Crippen molar-refractivity contribution in [2.45, 2.75) is 51.1 Å². The van der Waals surface area contributed by atoms with E-state index in [4.69, 9.17) is 0 Å². The molecule has 1 saturated heterocycles. The molecule has 1 atom stereocenters. The van der Waals surface area contributed by atoms with E-state index >= 15 is 0 Å². The average Bonchev–Trinajstić information content (AvgIpc) is 2.99. The van der Waals surface area contributed by atoms with Crippen molar-refractivity contribution in [2.75, 3.05) is 5.32 Å². The van der Waals surface area contributed by atoms with Crippen LogP contribution in [0.25, 0.3) is 0 Å². The Morgan fingerprint density at radius 1 is 1.03 bits per heavy atom. The van der Waals surface area contributed by atoms with Crippen LogP contribution < -0.4 is 10.6 Å². The van der Waals surface area contributed by atoms with E-state index in [1.807, 2.05) is 37.3 Å². The zero-order chi connectivity index (χ0) is 21.1. The number of nitrogens with one attached hydrogen (secondary N) is 2. The van der Waals surface area contributed by atoms with E-state index in [9.17, 15) is 14.4 Å². The number of hydrogen-bond acceptors (Lipinski definition) is 3. The SMILES string of the molecule is C[C@@]1(C2CCCCC2)NC(=O)N(Cc2ccc(C(=O)Nc3ccccc3)cc2)C1=O. The Hall–Kier alpha value is -3.15. The molecule has 4 amide bonds. The number of carbonyl (C=O) groups excluding carboxylic acids is 3. The summed E-state index contributed by atoms with van der Waals surface area (Å²) < 4.78 is 0. The minimum atomic E-state index is -0.812. The number of hydrogen-bond donors (Lipinski definition) is 2. The first-order chi connectivity index (χ1) is 14.5. The number of carbonyl (C=O) groups is 3. The molecule has 0 bridgehead atoms. The van der Waals surface area contributed by atoms with Gasteiger partial charge in [-0.1, -0.05) is 49.6 Å². The van der Waals surface area contributed by atoms with E-state index in [1.165, 1.54) is 11.3 Å². The summed E-state index contributed by atoms with van der Waals surface area (Å²) >= 11 is 0. The van der Waals surface area contributed by atoms with Crippen LogP contribution in [0, 0.1) is 5.92 Å². The molecule has 30 heavy (non-hydrogen) atoms. The van der Waals surface area contributed by atoms with Gasteiger partial charge in [0.05, 0.1) is 6.54 Å². The molecule has 0 unspecified atom stereocenters. The maximum absolute atomic E-state index is 13.1. The number of anilines is 1. The van der Waals surface area contributed by atoms with Gasteiger partial charge in [-0.2, -0.15) is 0 Å². The van der Waals surface area contributed by atoms with E-state index in [0.29, 0.717) is 5.56 Å². The van der Waals surface area contributed by atoms with E-state index in [2.05, 4.69) is 10.6 Å². The molecule has 0 radical (unpaired) electrons. The highest BCUT2D eigenvalue weighted by Crippen LogP contribution is 2.36. The lowest BCUT2D eigenvalue weighted by Crippen LogP contribution is -2.51. The largest absolute Gasteiger partial charge is 0.325 e. The number of urea groups is 1. The second-order valence-corrected chi connectivity index (χ2v) is 8.38. The molecular weight excluding hydrogens is 378 g/mol. The fourth-order valence-corrected chi connectivity index (χ4v) is 4.48. The molecule has 1 aliphatic carbocycles. The molecule has 2 aromatic rings. The van der Waals surface area contributed by atoms with Crippen molar-refractivity contribution >= 4 is 23.5 Å². The zero-order valence-electron chi connectivity index (χ0n) is 17.2. The lowest BCUT2D eigenvalue weighted by molar-refractivity contribution is -0.133. The summed E-state index contributed by atoms with van der Waals surface area (Å²) in [4.78, 5) is 39.3. The van der Waals surface area contributed by atoms with Gasteiger partial charge in [0.2, 0.25) is 0 Å². The van der Waals surface area contributed by atoms with Crippen LogP contribution in [0.5, 0.6) is 0 Å². The molecule has 1 aliphatic heterocycles. The van der Waals surface area contributed by atoms with Crippen molar-refractivity contribution in [3.05, 3.63) is 65.7 Å². The van der Waals surface area contributed by atoms with Gasteiger partial charge in [0.25, 0.3) is 11.8 Å². The van der Waals surface area contributed by atoms with Crippen molar-refractivity contribution in [2.24, 2.45) is 5.92 Å². The molecule has 2 N–H and O–H groups in total. The summed E-state index contributed by atoms with van der Waals surface area (Å²) in [6, 6.07) is 15.9. The van der Waals surface area contributed by atoms with Crippen LogP contribution in [0.15, 0.2) is 54.6 Å². The highest BCUT2D eigenvalue weighted by molar-refractivity contribution is 6.07. The second-order valence-electron chi connectivity index (χ2n) is 8.38. The van der Waals surface area contributed by atoms with E-state index < -0.39 is 5.54 Å². The first kappa shape index (κ1) is 20.1. The summed E-state index contributed by atoms with van der Waals surface area (Å²) in [5.41, 5.74) is 1.25. The van der Waals surface area contributed by atoms with Gasteiger partial charge in [-0.15, -0.1) is 0 Å². The van der Waals surface area contributed by atoms with Crippen molar-refractivity contribution in [1.29, 1.82) is 0 Å². The van der Waals surface area contributed by atoms with Crippen LogP contribution in [0.2, 0.25) is 0 Å². The van der Waals surface area contributed by atoms with Crippen molar-refractivity contribution in [1.82, 2.24) is 10.2 Å². The Balaban J connectivity index is 1.42. The number of nitrogens with zero attached hydrogens (tertiary/aromatic N) is 1. The van der Waals surface area contributed by atoms with Gasteiger partial charge in [0.1, 0.15) is 5.54 Å². The standard InChI is InChI=1S/C24H27N3O3/c1-24(19-8-4-2-5-9-19)22(29)27(23(30)26-24)16-17-12-14-18(15-13-17)21(28)25-20-10-6-3-7-11-20/h3,6-7,10-15,19H,2,4-5,8-9,16H2,1H3,(H,25,28)(H,26,30)/t24-/m0/s1. The highest BCUT2D eigenvalue weighted by Gasteiger charge is 2.52. The zero-order valence-corrected chi connectivity index (χ0v) is 17.2. The number of imide groups is 1. The molecule has 4 rings (SSSR count). The molecule has 6 heteroatoms. The molecule has 0 aromatic heterocycles. The number of benzene rings is 2. The molecular formula is C24H27N3O3. The summed E-state index contributed by atoms with van der Waals surface area (Å²) in [7, 11) is 0. The Kier molecular flexibility index (Phi) is 5.57. The Labute approximate surface area is 176 Å². The predicted molar refractivity (Wildman–Crippen MR) is 115 cm³/mol. The van der Waals surface area contributed by atoms with Crippen LogP contribution in [-0.2, 0) is 11.3 Å². The first-order valence-electron chi connectivity index (χ1n) is 10.6. The Morgan fingerprint density at radius 3 is 2.37 bits per heavy atom. The van der Waals surface area contributed by atoms with Gasteiger partial charge < -0.3 is 10.6 Å². The van der Waals surface area contributed by atoms with E-state index in [1.54, 1.807) is 24.3 Å². The Morgan fingerprint density at radius 2 is 1.70 bits per heavy atom. The minimum Gasteiger partial charge on any atom is -0.323 e. The minimum absolute atomic E-state index is 0.148. The molecule has 2 aliphatic rings. The topological polar surface area (TPSA) is 78.5 Å². The molecule has 1 saturated carbocycles. The quantitative estimate of drug-likeness (QED) is 0.727. The summed E-state index contributed by atoms with van der Waals surface area (Å²) in [5.74, 6) is -0.158. The lowest BCUT2D eigenvalue weighted by atomic mass is 9.75.